The standard InChI is InChI=1S/C27H26N4O6/c1-31-21-12-11-19(25(34)30-20(14-23(32)33)17-5-3-2-4-6-17)13-22(21)37-27(26(31)35)36-15-16-7-9-18(10-8-16)24(28)29/h2-13,20,27H,14-15H2,1H3,(H3,28,29)(H,30,34)(H,32,33)/t20-,27?/m0/s1. The van der Waals surface area contributed by atoms with Crippen LogP contribution in [0.15, 0.2) is 72.8 Å². The Morgan fingerprint density at radius 3 is 2.43 bits per heavy atom. The van der Waals surface area contributed by atoms with Crippen molar-refractivity contribution in [1.29, 1.82) is 5.41 Å². The highest BCUT2D eigenvalue weighted by Gasteiger charge is 2.34. The average Bonchev–Trinajstić information content (AvgIpc) is 2.89. The third-order valence-corrected chi connectivity index (χ3v) is 5.90. The number of likely N-dealkylation sites (N-methyl/N-ethyl adjacent to an activating group) is 1. The van der Waals surface area contributed by atoms with Crippen LogP contribution in [0.4, 0.5) is 5.69 Å². The lowest BCUT2D eigenvalue weighted by Gasteiger charge is -2.32. The highest BCUT2D eigenvalue weighted by molar-refractivity contribution is 6.01. The molecule has 0 saturated heterocycles. The maximum atomic E-state index is 13.0. The molecule has 2 amide bonds. The molecule has 5 N–H and O–H groups in total. The normalized spacial score (nSPS) is 15.3. The van der Waals surface area contributed by atoms with Gasteiger partial charge in [-0.1, -0.05) is 54.6 Å². The topological polar surface area (TPSA) is 155 Å². The van der Waals surface area contributed by atoms with E-state index in [2.05, 4.69) is 5.32 Å². The van der Waals surface area contributed by atoms with E-state index < -0.39 is 30.1 Å². The highest BCUT2D eigenvalue weighted by Crippen LogP contribution is 2.34. The van der Waals surface area contributed by atoms with Crippen LogP contribution in [0.5, 0.6) is 5.75 Å². The van der Waals surface area contributed by atoms with Crippen molar-refractivity contribution >= 4 is 29.3 Å². The molecule has 0 saturated carbocycles. The molecule has 0 radical (unpaired) electrons. The summed E-state index contributed by atoms with van der Waals surface area (Å²) < 4.78 is 11.5. The van der Waals surface area contributed by atoms with Crippen molar-refractivity contribution in [2.24, 2.45) is 5.73 Å². The molecule has 3 aromatic rings. The Morgan fingerprint density at radius 2 is 1.78 bits per heavy atom. The van der Waals surface area contributed by atoms with Gasteiger partial charge in [0.25, 0.3) is 18.1 Å². The number of carboxylic acids is 1. The molecular formula is C27H26N4O6. The molecule has 10 heteroatoms. The minimum atomic E-state index is -1.23. The van der Waals surface area contributed by atoms with Crippen molar-refractivity contribution in [1.82, 2.24) is 5.32 Å². The number of fused-ring (bicyclic) bond motifs is 1. The molecule has 2 atom stereocenters. The number of hydrogen-bond donors (Lipinski definition) is 4. The number of amides is 2. The minimum Gasteiger partial charge on any atom is -0.481 e. The third-order valence-electron chi connectivity index (χ3n) is 5.90. The second-order valence-electron chi connectivity index (χ2n) is 8.49. The summed E-state index contributed by atoms with van der Waals surface area (Å²) in [6.07, 6.45) is -1.51. The number of amidine groups is 1. The molecule has 0 aromatic heterocycles. The molecule has 1 aliphatic rings. The van der Waals surface area contributed by atoms with Crippen LogP contribution in [0, 0.1) is 5.41 Å². The van der Waals surface area contributed by atoms with Gasteiger partial charge in [-0.15, -0.1) is 0 Å². The number of nitrogens with zero attached hydrogens (tertiary/aromatic N) is 1. The summed E-state index contributed by atoms with van der Waals surface area (Å²) in [6, 6.07) is 19.6. The lowest BCUT2D eigenvalue weighted by molar-refractivity contribution is -0.153. The zero-order valence-corrected chi connectivity index (χ0v) is 20.0. The lowest BCUT2D eigenvalue weighted by atomic mass is 10.0. The van der Waals surface area contributed by atoms with E-state index in [9.17, 15) is 19.5 Å². The predicted octanol–water partition coefficient (Wildman–Crippen LogP) is 2.81. The van der Waals surface area contributed by atoms with E-state index >= 15 is 0 Å². The molecule has 10 nitrogen and oxygen atoms in total. The summed E-state index contributed by atoms with van der Waals surface area (Å²) in [6.45, 7) is 0.0753. The first-order chi connectivity index (χ1) is 17.7. The van der Waals surface area contributed by atoms with Gasteiger partial charge in [-0.3, -0.25) is 19.8 Å². The van der Waals surface area contributed by atoms with E-state index in [1.165, 1.54) is 11.0 Å². The van der Waals surface area contributed by atoms with Gasteiger partial charge in [0.05, 0.1) is 24.8 Å². The van der Waals surface area contributed by atoms with E-state index in [0.29, 0.717) is 16.8 Å². The summed E-state index contributed by atoms with van der Waals surface area (Å²) in [4.78, 5) is 38.5. The van der Waals surface area contributed by atoms with Gasteiger partial charge in [0, 0.05) is 18.2 Å². The van der Waals surface area contributed by atoms with Crippen LogP contribution in [-0.4, -0.2) is 42.1 Å². The van der Waals surface area contributed by atoms with E-state index in [1.807, 2.05) is 0 Å². The molecule has 3 aromatic carbocycles. The molecule has 1 unspecified atom stereocenters. The fraction of sp³-hybridized carbons (Fsp3) is 0.185. The maximum absolute atomic E-state index is 13.0. The van der Waals surface area contributed by atoms with Crippen LogP contribution in [0.25, 0.3) is 0 Å². The van der Waals surface area contributed by atoms with Crippen LogP contribution in [0.2, 0.25) is 0 Å². The zero-order chi connectivity index (χ0) is 26.5. The van der Waals surface area contributed by atoms with Gasteiger partial charge in [0.2, 0.25) is 0 Å². The number of ether oxygens (including phenoxy) is 2. The maximum Gasteiger partial charge on any atom is 0.305 e. The number of anilines is 1. The molecule has 0 fully saturated rings. The van der Waals surface area contributed by atoms with Crippen molar-refractivity contribution in [2.45, 2.75) is 25.4 Å². The fourth-order valence-corrected chi connectivity index (χ4v) is 3.88. The summed E-state index contributed by atoms with van der Waals surface area (Å²) in [5, 5.41) is 19.5. The van der Waals surface area contributed by atoms with E-state index in [-0.39, 0.29) is 30.2 Å². The van der Waals surface area contributed by atoms with Crippen molar-refractivity contribution in [3.05, 3.63) is 95.1 Å². The first kappa shape index (κ1) is 25.4. The molecule has 37 heavy (non-hydrogen) atoms. The Labute approximate surface area is 213 Å². The largest absolute Gasteiger partial charge is 0.481 e. The molecule has 0 aliphatic carbocycles. The van der Waals surface area contributed by atoms with E-state index in [0.717, 1.165) is 5.56 Å². The average molecular weight is 503 g/mol. The Bertz CT molecular complexity index is 1330. The second-order valence-corrected chi connectivity index (χ2v) is 8.49. The number of carbonyl (C=O) groups excluding carboxylic acids is 2. The van der Waals surface area contributed by atoms with Crippen LogP contribution < -0.4 is 20.7 Å². The molecule has 1 aliphatic heterocycles. The molecule has 4 rings (SSSR count). The molecule has 1 heterocycles. The minimum absolute atomic E-state index is 0.0469. The molecule has 0 bridgehead atoms. The fourth-order valence-electron chi connectivity index (χ4n) is 3.88. The van der Waals surface area contributed by atoms with Crippen molar-refractivity contribution < 1.29 is 29.0 Å². The van der Waals surface area contributed by atoms with E-state index in [4.69, 9.17) is 20.6 Å². The summed E-state index contributed by atoms with van der Waals surface area (Å²) in [7, 11) is 1.58. The predicted molar refractivity (Wildman–Crippen MR) is 135 cm³/mol. The molecule has 0 spiro atoms. The Hall–Kier alpha value is -4.70. The third kappa shape index (κ3) is 5.93. The summed E-state index contributed by atoms with van der Waals surface area (Å²) >= 11 is 0. The Kier molecular flexibility index (Phi) is 7.49. The number of carboxylic acid groups (broad SMARTS) is 1. The number of aliphatic carboxylic acids is 1. The quantitative estimate of drug-likeness (QED) is 0.259. The Morgan fingerprint density at radius 1 is 1.11 bits per heavy atom. The SMILES string of the molecule is CN1C(=O)C(OCc2ccc(C(=N)N)cc2)Oc2cc(C(=O)N[C@@H](CC(=O)O)c3ccccc3)ccc21. The first-order valence-corrected chi connectivity index (χ1v) is 11.4. The number of benzene rings is 3. The zero-order valence-electron chi connectivity index (χ0n) is 20.0. The Balaban J connectivity index is 1.48. The number of rotatable bonds is 9. The van der Waals surface area contributed by atoms with Crippen molar-refractivity contribution in [2.75, 3.05) is 11.9 Å². The lowest BCUT2D eigenvalue weighted by Crippen LogP contribution is -2.45. The second kappa shape index (κ2) is 10.9. The van der Waals surface area contributed by atoms with Gasteiger partial charge in [-0.2, -0.15) is 0 Å². The number of nitrogens with two attached hydrogens (primary N) is 1. The van der Waals surface area contributed by atoms with Crippen LogP contribution >= 0.6 is 0 Å². The van der Waals surface area contributed by atoms with Crippen LogP contribution in [0.1, 0.15) is 39.5 Å². The van der Waals surface area contributed by atoms with Crippen LogP contribution in [0.3, 0.4) is 0 Å². The van der Waals surface area contributed by atoms with Crippen molar-refractivity contribution in [3.8, 4) is 5.75 Å². The smallest absolute Gasteiger partial charge is 0.305 e. The molecule has 190 valence electrons. The van der Waals surface area contributed by atoms with Crippen LogP contribution in [-0.2, 0) is 20.9 Å². The van der Waals surface area contributed by atoms with Gasteiger partial charge in [0.15, 0.2) is 0 Å². The van der Waals surface area contributed by atoms with Gasteiger partial charge in [0.1, 0.15) is 11.6 Å². The molecular weight excluding hydrogens is 476 g/mol. The van der Waals surface area contributed by atoms with Gasteiger partial charge in [-0.05, 0) is 29.3 Å². The highest BCUT2D eigenvalue weighted by atomic mass is 16.7. The van der Waals surface area contributed by atoms with E-state index in [1.54, 1.807) is 73.8 Å². The van der Waals surface area contributed by atoms with Gasteiger partial charge >= 0.3 is 5.97 Å². The summed E-state index contributed by atoms with van der Waals surface area (Å²) in [5.41, 5.74) is 8.19. The first-order valence-electron chi connectivity index (χ1n) is 11.4. The number of nitrogen functional groups attached to an aromatic ring is 1. The monoisotopic (exact) mass is 502 g/mol. The number of hydrogen-bond acceptors (Lipinski definition) is 6. The number of carbonyl (C=O) groups is 3. The van der Waals surface area contributed by atoms with Crippen molar-refractivity contribution in [3.63, 3.8) is 0 Å². The van der Waals surface area contributed by atoms with Gasteiger partial charge < -0.3 is 30.5 Å². The summed E-state index contributed by atoms with van der Waals surface area (Å²) in [5.74, 6) is -1.70. The number of nitrogens with one attached hydrogen (secondary N) is 2. The van der Waals surface area contributed by atoms with Gasteiger partial charge in [-0.25, -0.2) is 0 Å².